The predicted molar refractivity (Wildman–Crippen MR) is 204 cm³/mol. The first-order valence-electron chi connectivity index (χ1n) is 17.2. The largest absolute Gasteiger partial charge is 0.454 e. The molecule has 0 aliphatic carbocycles. The highest BCUT2D eigenvalue weighted by Gasteiger charge is 2.39. The van der Waals surface area contributed by atoms with Crippen molar-refractivity contribution in [1.82, 2.24) is 24.5 Å². The molecule has 0 radical (unpaired) electrons. The highest BCUT2D eigenvalue weighted by molar-refractivity contribution is 6.24. The molecule has 6 aromatic carbocycles. The second-order valence-electron chi connectivity index (χ2n) is 13.5. The first-order valence-corrected chi connectivity index (χ1v) is 17.2. The summed E-state index contributed by atoms with van der Waals surface area (Å²) in [5.41, 5.74) is 7.56. The quantitative estimate of drug-likeness (QED) is 0.188. The number of nitrogens with zero attached hydrogens (tertiary/aromatic N) is 5. The van der Waals surface area contributed by atoms with Crippen LogP contribution in [-0.2, 0) is 5.41 Å². The average Bonchev–Trinajstić information content (AvgIpc) is 3.54. The molecule has 242 valence electrons. The number of pyridine rings is 1. The lowest BCUT2D eigenvalue weighted by atomic mass is 9.73. The fourth-order valence-electron chi connectivity index (χ4n) is 7.77. The second kappa shape index (κ2) is 11.2. The molecule has 0 unspecified atom stereocenters. The van der Waals surface area contributed by atoms with Crippen molar-refractivity contribution in [2.45, 2.75) is 19.3 Å². The van der Waals surface area contributed by atoms with Gasteiger partial charge in [0, 0.05) is 44.6 Å². The van der Waals surface area contributed by atoms with Crippen molar-refractivity contribution in [2.24, 2.45) is 0 Å². The number of ether oxygens (including phenoxy) is 1. The van der Waals surface area contributed by atoms with Crippen LogP contribution in [0.25, 0.3) is 72.6 Å². The van der Waals surface area contributed by atoms with Crippen LogP contribution < -0.4 is 4.74 Å². The van der Waals surface area contributed by atoms with Crippen molar-refractivity contribution in [2.75, 3.05) is 0 Å². The van der Waals surface area contributed by atoms with E-state index in [0.29, 0.717) is 17.6 Å². The Morgan fingerprint density at radius 2 is 1.18 bits per heavy atom. The van der Waals surface area contributed by atoms with E-state index < -0.39 is 0 Å². The lowest BCUT2D eigenvalue weighted by molar-refractivity contribution is 0.424. The van der Waals surface area contributed by atoms with Gasteiger partial charge in [0.2, 0.25) is 5.95 Å². The van der Waals surface area contributed by atoms with Crippen LogP contribution in [0.5, 0.6) is 11.5 Å². The molecule has 0 spiro atoms. The molecule has 0 atom stereocenters. The molecule has 6 heteroatoms. The normalized spacial score (nSPS) is 13.2. The molecule has 4 heterocycles. The first-order chi connectivity index (χ1) is 25.1. The Bertz CT molecular complexity index is 2810. The molecule has 51 heavy (non-hydrogen) atoms. The van der Waals surface area contributed by atoms with Gasteiger partial charge in [-0.2, -0.15) is 9.97 Å². The van der Waals surface area contributed by atoms with E-state index in [-0.39, 0.29) is 5.41 Å². The highest BCUT2D eigenvalue weighted by Crippen LogP contribution is 2.55. The minimum Gasteiger partial charge on any atom is -0.454 e. The molecule has 3 aromatic heterocycles. The van der Waals surface area contributed by atoms with Gasteiger partial charge >= 0.3 is 0 Å². The number of fused-ring (bicyclic) bond motifs is 9. The van der Waals surface area contributed by atoms with Gasteiger partial charge in [-0.05, 0) is 46.2 Å². The number of hydrogen-bond donors (Lipinski definition) is 0. The SMILES string of the molecule is CC1(C)c2ccccc2Oc2c1c1ccccc1c1c3cccnc3n(-c3nc(-c4ccccc4)nc(-c4cccc(-c5ccccc5)c4)n3)c21. The summed E-state index contributed by atoms with van der Waals surface area (Å²) >= 11 is 0. The Kier molecular flexibility index (Phi) is 6.42. The number of para-hydroxylation sites is 1. The van der Waals surface area contributed by atoms with E-state index in [9.17, 15) is 0 Å². The summed E-state index contributed by atoms with van der Waals surface area (Å²) in [7, 11) is 0. The van der Waals surface area contributed by atoms with Crippen molar-refractivity contribution < 1.29 is 4.74 Å². The Labute approximate surface area is 294 Å². The van der Waals surface area contributed by atoms with Crippen LogP contribution in [0, 0.1) is 0 Å². The maximum atomic E-state index is 7.00. The monoisotopic (exact) mass is 657 g/mol. The lowest BCUT2D eigenvalue weighted by Gasteiger charge is -2.36. The fraction of sp³-hybridized carbons (Fsp3) is 0.0667. The predicted octanol–water partition coefficient (Wildman–Crippen LogP) is 10.9. The summed E-state index contributed by atoms with van der Waals surface area (Å²) in [5, 5.41) is 4.34. The van der Waals surface area contributed by atoms with Crippen molar-refractivity contribution in [3.8, 4) is 51.3 Å². The summed E-state index contributed by atoms with van der Waals surface area (Å²) in [4.78, 5) is 20.5. The molecule has 0 bridgehead atoms. The van der Waals surface area contributed by atoms with Crippen molar-refractivity contribution in [3.63, 3.8) is 0 Å². The maximum absolute atomic E-state index is 7.00. The molecular weight excluding hydrogens is 627 g/mol. The van der Waals surface area contributed by atoms with Gasteiger partial charge < -0.3 is 4.74 Å². The Morgan fingerprint density at radius 3 is 1.98 bits per heavy atom. The van der Waals surface area contributed by atoms with Crippen LogP contribution in [0.1, 0.15) is 25.0 Å². The van der Waals surface area contributed by atoms with Gasteiger partial charge in [0.25, 0.3) is 0 Å². The number of hydrogen-bond acceptors (Lipinski definition) is 5. The average molecular weight is 658 g/mol. The third-order valence-electron chi connectivity index (χ3n) is 10.1. The molecule has 10 rings (SSSR count). The zero-order valence-electron chi connectivity index (χ0n) is 28.1. The highest BCUT2D eigenvalue weighted by atomic mass is 16.5. The van der Waals surface area contributed by atoms with Gasteiger partial charge in [-0.25, -0.2) is 9.97 Å². The van der Waals surface area contributed by atoms with Crippen molar-refractivity contribution in [3.05, 3.63) is 163 Å². The van der Waals surface area contributed by atoms with Crippen LogP contribution in [-0.4, -0.2) is 24.5 Å². The topological polar surface area (TPSA) is 65.7 Å². The molecule has 0 N–H and O–H groups in total. The molecule has 1 aliphatic rings. The van der Waals surface area contributed by atoms with Crippen LogP contribution >= 0.6 is 0 Å². The molecule has 1 aliphatic heterocycles. The zero-order valence-corrected chi connectivity index (χ0v) is 28.1. The molecule has 0 fully saturated rings. The van der Waals surface area contributed by atoms with Crippen LogP contribution in [0.3, 0.4) is 0 Å². The van der Waals surface area contributed by atoms with E-state index >= 15 is 0 Å². The molecule has 0 amide bonds. The summed E-state index contributed by atoms with van der Waals surface area (Å²) in [6.45, 7) is 4.57. The van der Waals surface area contributed by atoms with E-state index in [1.807, 2.05) is 54.7 Å². The minimum atomic E-state index is -0.357. The smallest absolute Gasteiger partial charge is 0.240 e. The van der Waals surface area contributed by atoms with Crippen LogP contribution in [0.4, 0.5) is 0 Å². The van der Waals surface area contributed by atoms with Gasteiger partial charge in [-0.3, -0.25) is 4.57 Å². The second-order valence-corrected chi connectivity index (χ2v) is 13.5. The number of aromatic nitrogens is 5. The zero-order chi connectivity index (χ0) is 34.1. The van der Waals surface area contributed by atoms with Crippen LogP contribution in [0.15, 0.2) is 152 Å². The van der Waals surface area contributed by atoms with Gasteiger partial charge in [0.05, 0.1) is 0 Å². The van der Waals surface area contributed by atoms with Crippen molar-refractivity contribution >= 4 is 32.7 Å². The van der Waals surface area contributed by atoms with Gasteiger partial charge in [-0.15, -0.1) is 0 Å². The Hall–Kier alpha value is -6.66. The third-order valence-corrected chi connectivity index (χ3v) is 10.1. The Morgan fingerprint density at radius 1 is 0.549 bits per heavy atom. The summed E-state index contributed by atoms with van der Waals surface area (Å²) in [6, 6.07) is 49.9. The minimum absolute atomic E-state index is 0.357. The molecule has 0 saturated carbocycles. The molecule has 0 saturated heterocycles. The maximum Gasteiger partial charge on any atom is 0.240 e. The molecule has 6 nitrogen and oxygen atoms in total. The molecular formula is C45H31N5O. The van der Waals surface area contributed by atoms with Gasteiger partial charge in [0.1, 0.15) is 16.9 Å². The summed E-state index contributed by atoms with van der Waals surface area (Å²) in [6.07, 6.45) is 1.83. The van der Waals surface area contributed by atoms with Gasteiger partial charge in [0.15, 0.2) is 17.4 Å². The molecule has 9 aromatic rings. The van der Waals surface area contributed by atoms with Gasteiger partial charge in [-0.1, -0.05) is 135 Å². The fourth-order valence-corrected chi connectivity index (χ4v) is 7.77. The first kappa shape index (κ1) is 29.3. The van der Waals surface area contributed by atoms with E-state index in [4.69, 9.17) is 24.7 Å². The van der Waals surface area contributed by atoms with Crippen molar-refractivity contribution in [1.29, 1.82) is 0 Å². The van der Waals surface area contributed by atoms with Crippen LogP contribution in [0.2, 0.25) is 0 Å². The van der Waals surface area contributed by atoms with E-state index in [1.165, 1.54) is 0 Å². The number of benzene rings is 6. The number of rotatable bonds is 4. The Balaban J connectivity index is 1.33. The van der Waals surface area contributed by atoms with E-state index in [2.05, 4.69) is 115 Å². The van der Waals surface area contributed by atoms with E-state index in [0.717, 1.165) is 77.6 Å². The third kappa shape index (κ3) is 4.50. The summed E-state index contributed by atoms with van der Waals surface area (Å²) in [5.74, 6) is 3.26. The lowest BCUT2D eigenvalue weighted by Crippen LogP contribution is -2.25. The van der Waals surface area contributed by atoms with E-state index in [1.54, 1.807) is 0 Å². The standard InChI is InChI=1S/C45H31N5O/c1-45(2)35-24-11-12-25-36(35)51-40-38(45)33-22-10-9-21-32(33)37-34-23-14-26-46-43(34)50(39(37)40)44-48-41(29-17-7-4-8-18-29)47-42(49-44)31-20-13-19-30(27-31)28-15-5-3-6-16-28/h3-27H,1-2H3. The summed E-state index contributed by atoms with van der Waals surface area (Å²) < 4.78 is 9.08.